The van der Waals surface area contributed by atoms with Crippen LogP contribution in [-0.4, -0.2) is 32.4 Å². The lowest BCUT2D eigenvalue weighted by Gasteiger charge is -2.14. The topological polar surface area (TPSA) is 80.1 Å². The third kappa shape index (κ3) is 5.11. The first-order valence-corrected chi connectivity index (χ1v) is 13.9. The first-order chi connectivity index (χ1) is 19.2. The third-order valence-corrected chi connectivity index (χ3v) is 8.29. The highest BCUT2D eigenvalue weighted by atomic mass is 35.5. The Morgan fingerprint density at radius 3 is 2.42 bits per heavy atom. The lowest BCUT2D eigenvalue weighted by atomic mass is 9.98. The number of carbonyl (C=O) groups is 1. The number of carboxylic acid groups (broad SMARTS) is 1. The van der Waals surface area contributed by atoms with Gasteiger partial charge in [0.25, 0.3) is 0 Å². The molecule has 0 radical (unpaired) electrons. The van der Waals surface area contributed by atoms with E-state index in [4.69, 9.17) is 16.3 Å². The summed E-state index contributed by atoms with van der Waals surface area (Å²) in [5.41, 5.74) is 10.7. The molecule has 7 heteroatoms. The van der Waals surface area contributed by atoms with Crippen molar-refractivity contribution in [3.8, 4) is 16.9 Å². The Labute approximate surface area is 239 Å². The maximum atomic E-state index is 12.0. The number of halogens is 1. The number of nitrogens with one attached hydrogen (secondary N) is 1. The number of hydrogen-bond acceptors (Lipinski definition) is 3. The van der Waals surface area contributed by atoms with E-state index in [1.165, 1.54) is 10.9 Å². The molecule has 0 amide bonds. The monoisotopic (exact) mass is 555 g/mol. The van der Waals surface area contributed by atoms with Gasteiger partial charge in [-0.3, -0.25) is 5.10 Å². The first kappa shape index (κ1) is 27.5. The Morgan fingerprint density at radius 1 is 1.02 bits per heavy atom. The number of H-pyrrole nitrogens is 1. The summed E-state index contributed by atoms with van der Waals surface area (Å²) in [4.78, 5) is 12.0. The minimum Gasteiger partial charge on any atom is -0.494 e. The second kappa shape index (κ2) is 11.2. The van der Waals surface area contributed by atoms with E-state index in [0.29, 0.717) is 18.7 Å². The van der Waals surface area contributed by atoms with E-state index in [-0.39, 0.29) is 0 Å². The minimum absolute atomic E-state index is 0.320. The Balaban J connectivity index is 1.54. The fourth-order valence-corrected chi connectivity index (χ4v) is 5.84. The Kier molecular flexibility index (Phi) is 7.72. The molecule has 5 rings (SSSR count). The SMILES string of the molecule is Cc1cc(OCCCc2c(C)n(Cc3ccccc3C(=O)O)c3c(-c4c(C)n[nH]c4C)cccc23)cc(C)c1Cl. The van der Waals surface area contributed by atoms with Crippen LogP contribution in [0.5, 0.6) is 5.75 Å². The number of para-hydroxylation sites is 1. The summed E-state index contributed by atoms with van der Waals surface area (Å²) >= 11 is 6.32. The van der Waals surface area contributed by atoms with Crippen molar-refractivity contribution in [3.63, 3.8) is 0 Å². The van der Waals surface area contributed by atoms with Crippen LogP contribution in [0.25, 0.3) is 22.0 Å². The number of benzene rings is 3. The lowest BCUT2D eigenvalue weighted by molar-refractivity contribution is 0.0695. The van der Waals surface area contributed by atoms with Gasteiger partial charge in [-0.2, -0.15) is 5.10 Å². The van der Waals surface area contributed by atoms with Crippen LogP contribution < -0.4 is 4.74 Å². The van der Waals surface area contributed by atoms with Crippen LogP contribution in [0.15, 0.2) is 54.6 Å². The summed E-state index contributed by atoms with van der Waals surface area (Å²) in [7, 11) is 0. The molecule has 6 nitrogen and oxygen atoms in total. The van der Waals surface area contributed by atoms with Crippen molar-refractivity contribution in [2.24, 2.45) is 0 Å². The number of hydrogen-bond donors (Lipinski definition) is 2. The van der Waals surface area contributed by atoms with Gasteiger partial charge in [0.2, 0.25) is 0 Å². The molecule has 5 aromatic rings. The Morgan fingerprint density at radius 2 is 1.75 bits per heavy atom. The first-order valence-electron chi connectivity index (χ1n) is 13.5. The van der Waals surface area contributed by atoms with E-state index >= 15 is 0 Å². The van der Waals surface area contributed by atoms with Crippen molar-refractivity contribution >= 4 is 28.5 Å². The van der Waals surface area contributed by atoms with Gasteiger partial charge >= 0.3 is 5.97 Å². The summed E-state index contributed by atoms with van der Waals surface area (Å²) in [6.07, 6.45) is 1.66. The molecular formula is C33H34ClN3O3. The van der Waals surface area contributed by atoms with Gasteiger partial charge in [0.1, 0.15) is 5.75 Å². The summed E-state index contributed by atoms with van der Waals surface area (Å²) in [5, 5.41) is 19.4. The van der Waals surface area contributed by atoms with Gasteiger partial charge in [0.15, 0.2) is 0 Å². The van der Waals surface area contributed by atoms with Crippen molar-refractivity contribution in [1.29, 1.82) is 0 Å². The average Bonchev–Trinajstić information content (AvgIpc) is 3.40. The maximum absolute atomic E-state index is 12.0. The van der Waals surface area contributed by atoms with Crippen LogP contribution in [0, 0.1) is 34.6 Å². The largest absolute Gasteiger partial charge is 0.494 e. The number of aromatic carboxylic acids is 1. The fourth-order valence-electron chi connectivity index (χ4n) is 5.73. The molecule has 0 saturated carbocycles. The van der Waals surface area contributed by atoms with Crippen molar-refractivity contribution in [2.45, 2.75) is 54.0 Å². The van der Waals surface area contributed by atoms with Crippen molar-refractivity contribution in [3.05, 3.63) is 105 Å². The molecular weight excluding hydrogens is 522 g/mol. The molecule has 206 valence electrons. The second-order valence-electron chi connectivity index (χ2n) is 10.4. The molecule has 0 bridgehead atoms. The standard InChI is InChI=1S/C33H34ClN3O3/c1-19-16-25(17-20(2)31(19)34)40-15-9-14-26-23(5)37(18-24-10-6-7-11-27(24)33(38)39)32-28(26)12-8-13-29(32)30-21(3)35-36-22(30)4/h6-8,10-13,16-17H,9,14-15,18H2,1-5H3,(H,35,36)(H,38,39). The second-order valence-corrected chi connectivity index (χ2v) is 10.8. The molecule has 2 aromatic heterocycles. The van der Waals surface area contributed by atoms with Crippen LogP contribution >= 0.6 is 11.6 Å². The zero-order chi connectivity index (χ0) is 28.6. The van der Waals surface area contributed by atoms with Gasteiger partial charge in [-0.1, -0.05) is 48.0 Å². The number of fused-ring (bicyclic) bond motifs is 1. The summed E-state index contributed by atoms with van der Waals surface area (Å²) in [6, 6.07) is 17.6. The summed E-state index contributed by atoms with van der Waals surface area (Å²) in [6.45, 7) is 11.2. The van der Waals surface area contributed by atoms with Crippen LogP contribution in [-0.2, 0) is 13.0 Å². The van der Waals surface area contributed by atoms with Gasteiger partial charge in [-0.15, -0.1) is 0 Å². The zero-order valence-corrected chi connectivity index (χ0v) is 24.3. The molecule has 0 saturated heterocycles. The van der Waals surface area contributed by atoms with Crippen LogP contribution in [0.3, 0.4) is 0 Å². The van der Waals surface area contributed by atoms with E-state index in [2.05, 4.69) is 39.9 Å². The number of nitrogens with zero attached hydrogens (tertiary/aromatic N) is 2. The normalized spacial score (nSPS) is 11.3. The van der Waals surface area contributed by atoms with Crippen molar-refractivity contribution < 1.29 is 14.6 Å². The van der Waals surface area contributed by atoms with E-state index in [0.717, 1.165) is 74.0 Å². The minimum atomic E-state index is -0.920. The van der Waals surface area contributed by atoms with Gasteiger partial charge < -0.3 is 14.4 Å². The Bertz CT molecular complexity index is 1690. The lowest BCUT2D eigenvalue weighted by Crippen LogP contribution is -2.09. The molecule has 0 aliphatic carbocycles. The highest BCUT2D eigenvalue weighted by Crippen LogP contribution is 2.37. The van der Waals surface area contributed by atoms with Crippen LogP contribution in [0.4, 0.5) is 0 Å². The predicted molar refractivity (Wildman–Crippen MR) is 161 cm³/mol. The highest BCUT2D eigenvalue weighted by molar-refractivity contribution is 6.32. The molecule has 40 heavy (non-hydrogen) atoms. The third-order valence-electron chi connectivity index (χ3n) is 7.70. The van der Waals surface area contributed by atoms with Crippen LogP contribution in [0.2, 0.25) is 5.02 Å². The van der Waals surface area contributed by atoms with Gasteiger partial charge in [-0.25, -0.2) is 4.79 Å². The van der Waals surface area contributed by atoms with Gasteiger partial charge in [0, 0.05) is 39.5 Å². The average molecular weight is 556 g/mol. The van der Waals surface area contributed by atoms with Crippen molar-refractivity contribution in [1.82, 2.24) is 14.8 Å². The molecule has 3 aromatic carbocycles. The molecule has 0 unspecified atom stereocenters. The Hall–Kier alpha value is -4.03. The molecule has 0 aliphatic heterocycles. The zero-order valence-electron chi connectivity index (χ0n) is 23.6. The smallest absolute Gasteiger partial charge is 0.336 e. The summed E-state index contributed by atoms with van der Waals surface area (Å²) in [5.74, 6) is -0.0893. The van der Waals surface area contributed by atoms with Crippen LogP contribution in [0.1, 0.15) is 56.1 Å². The van der Waals surface area contributed by atoms with Gasteiger partial charge in [-0.05, 0) is 87.9 Å². The van der Waals surface area contributed by atoms with E-state index in [9.17, 15) is 9.90 Å². The maximum Gasteiger partial charge on any atom is 0.336 e. The number of rotatable bonds is 9. The predicted octanol–water partition coefficient (Wildman–Crippen LogP) is 7.99. The fraction of sp³-hybridized carbons (Fsp3) is 0.273. The van der Waals surface area contributed by atoms with E-state index in [1.807, 2.05) is 52.0 Å². The molecule has 0 spiro atoms. The molecule has 2 heterocycles. The number of ether oxygens (including phenoxy) is 1. The number of aromatic nitrogens is 3. The number of carboxylic acids is 1. The van der Waals surface area contributed by atoms with E-state index in [1.54, 1.807) is 12.1 Å². The van der Waals surface area contributed by atoms with Gasteiger partial charge in [0.05, 0.1) is 23.4 Å². The molecule has 0 atom stereocenters. The molecule has 0 aliphatic rings. The number of aromatic amines is 1. The van der Waals surface area contributed by atoms with E-state index < -0.39 is 5.97 Å². The number of aryl methyl sites for hydroxylation is 5. The van der Waals surface area contributed by atoms with Crippen molar-refractivity contribution in [2.75, 3.05) is 6.61 Å². The quantitative estimate of drug-likeness (QED) is 0.181. The highest BCUT2D eigenvalue weighted by Gasteiger charge is 2.21. The summed E-state index contributed by atoms with van der Waals surface area (Å²) < 4.78 is 8.38. The molecule has 2 N–H and O–H groups in total. The molecule has 0 fully saturated rings.